The highest BCUT2D eigenvalue weighted by Crippen LogP contribution is 2.09. The van der Waals surface area contributed by atoms with Gasteiger partial charge in [-0.25, -0.2) is 4.79 Å². The number of rotatable bonds is 5. The van der Waals surface area contributed by atoms with E-state index in [9.17, 15) is 9.59 Å². The quantitative estimate of drug-likeness (QED) is 0.765. The van der Waals surface area contributed by atoms with Gasteiger partial charge in [-0.2, -0.15) is 0 Å². The first kappa shape index (κ1) is 18.3. The second kappa shape index (κ2) is 8.15. The molecule has 1 aliphatic heterocycles. The molecule has 2 amide bonds. The maximum atomic E-state index is 12.6. The summed E-state index contributed by atoms with van der Waals surface area (Å²) in [5, 5.41) is 8.91. The van der Waals surface area contributed by atoms with Gasteiger partial charge in [0, 0.05) is 19.0 Å². The molecule has 1 aliphatic rings. The Morgan fingerprint density at radius 1 is 1.29 bits per heavy atom. The molecule has 1 aromatic carbocycles. The fourth-order valence-corrected chi connectivity index (χ4v) is 2.59. The molecule has 2 atom stereocenters. The molecule has 1 heterocycles. The van der Waals surface area contributed by atoms with Crippen molar-refractivity contribution in [1.82, 2.24) is 16.0 Å². The number of benzene rings is 1. The molecule has 6 heteroatoms. The van der Waals surface area contributed by atoms with E-state index in [4.69, 9.17) is 4.74 Å². The molecule has 0 bridgehead atoms. The van der Waals surface area contributed by atoms with Crippen molar-refractivity contribution >= 4 is 12.0 Å². The van der Waals surface area contributed by atoms with Crippen LogP contribution in [0.25, 0.3) is 0 Å². The molecule has 0 saturated carbocycles. The van der Waals surface area contributed by atoms with Crippen LogP contribution in [0.4, 0.5) is 4.79 Å². The van der Waals surface area contributed by atoms with Crippen LogP contribution in [0.5, 0.6) is 0 Å². The predicted octanol–water partition coefficient (Wildman–Crippen LogP) is 1.60. The highest BCUT2D eigenvalue weighted by Gasteiger charge is 2.27. The number of carbonyl (C=O) groups excluding carboxylic acids is 2. The minimum Gasteiger partial charge on any atom is -0.444 e. The first-order valence-corrected chi connectivity index (χ1v) is 8.38. The summed E-state index contributed by atoms with van der Waals surface area (Å²) in [5.41, 5.74) is 0.381. The van der Waals surface area contributed by atoms with Crippen molar-refractivity contribution in [2.45, 2.75) is 51.3 Å². The van der Waals surface area contributed by atoms with Gasteiger partial charge in [0.25, 0.3) is 0 Å². The zero-order valence-electron chi connectivity index (χ0n) is 14.6. The first-order chi connectivity index (χ1) is 11.3. The first-order valence-electron chi connectivity index (χ1n) is 8.38. The molecule has 1 aromatic rings. The Morgan fingerprint density at radius 2 is 2.00 bits per heavy atom. The summed E-state index contributed by atoms with van der Waals surface area (Å²) >= 11 is 0. The zero-order chi connectivity index (χ0) is 17.6. The van der Waals surface area contributed by atoms with E-state index >= 15 is 0 Å². The van der Waals surface area contributed by atoms with Gasteiger partial charge in [0.1, 0.15) is 11.6 Å². The van der Waals surface area contributed by atoms with Gasteiger partial charge in [-0.05, 0) is 39.3 Å². The normalized spacial score (nSPS) is 18.7. The molecule has 1 fully saturated rings. The molecule has 24 heavy (non-hydrogen) atoms. The lowest BCUT2D eigenvalue weighted by molar-refractivity contribution is -0.123. The molecular weight excluding hydrogens is 306 g/mol. The average molecular weight is 333 g/mol. The SMILES string of the molecule is CC(C)(C)OC(=O)N[C@H](Cc1ccccc1)C(=O)N[C@H]1CCNC1. The van der Waals surface area contributed by atoms with Crippen LogP contribution >= 0.6 is 0 Å². The molecule has 0 aromatic heterocycles. The Morgan fingerprint density at radius 3 is 2.58 bits per heavy atom. The topological polar surface area (TPSA) is 79.5 Å². The van der Waals surface area contributed by atoms with Gasteiger partial charge >= 0.3 is 6.09 Å². The number of hydrogen-bond acceptors (Lipinski definition) is 4. The summed E-state index contributed by atoms with van der Waals surface area (Å²) < 4.78 is 5.28. The molecule has 6 nitrogen and oxygen atoms in total. The Kier molecular flexibility index (Phi) is 6.20. The van der Waals surface area contributed by atoms with E-state index in [0.717, 1.165) is 25.1 Å². The smallest absolute Gasteiger partial charge is 0.408 e. The highest BCUT2D eigenvalue weighted by atomic mass is 16.6. The third kappa shape index (κ3) is 6.20. The van der Waals surface area contributed by atoms with Crippen LogP contribution < -0.4 is 16.0 Å². The van der Waals surface area contributed by atoms with Crippen molar-refractivity contribution in [3.05, 3.63) is 35.9 Å². The van der Waals surface area contributed by atoms with Gasteiger partial charge in [0.15, 0.2) is 0 Å². The average Bonchev–Trinajstić information content (AvgIpc) is 2.98. The molecular formula is C18H27N3O3. The molecule has 132 valence electrons. The van der Waals surface area contributed by atoms with Crippen LogP contribution in [-0.4, -0.2) is 42.8 Å². The predicted molar refractivity (Wildman–Crippen MR) is 92.7 cm³/mol. The highest BCUT2D eigenvalue weighted by molar-refractivity contribution is 5.86. The summed E-state index contributed by atoms with van der Waals surface area (Å²) in [6.07, 6.45) is 0.741. The maximum absolute atomic E-state index is 12.6. The second-order valence-electron chi connectivity index (χ2n) is 7.09. The van der Waals surface area contributed by atoms with E-state index in [1.807, 2.05) is 30.3 Å². The number of ether oxygens (including phenoxy) is 1. The lowest BCUT2D eigenvalue weighted by Crippen LogP contribution is -2.52. The third-order valence-corrected chi connectivity index (χ3v) is 3.70. The largest absolute Gasteiger partial charge is 0.444 e. The Hall–Kier alpha value is -2.08. The van der Waals surface area contributed by atoms with Crippen molar-refractivity contribution in [2.24, 2.45) is 0 Å². The molecule has 0 unspecified atom stereocenters. The summed E-state index contributed by atoms with van der Waals surface area (Å²) in [6, 6.07) is 9.07. The van der Waals surface area contributed by atoms with Crippen molar-refractivity contribution in [3.8, 4) is 0 Å². The van der Waals surface area contributed by atoms with Gasteiger partial charge in [0.2, 0.25) is 5.91 Å². The second-order valence-corrected chi connectivity index (χ2v) is 7.09. The molecule has 0 spiro atoms. The van der Waals surface area contributed by atoms with Crippen molar-refractivity contribution in [2.75, 3.05) is 13.1 Å². The number of nitrogens with one attached hydrogen (secondary N) is 3. The zero-order valence-corrected chi connectivity index (χ0v) is 14.6. The number of hydrogen-bond donors (Lipinski definition) is 3. The van der Waals surface area contributed by atoms with Crippen LogP contribution in [0.3, 0.4) is 0 Å². The van der Waals surface area contributed by atoms with E-state index in [-0.39, 0.29) is 11.9 Å². The Balaban J connectivity index is 2.02. The van der Waals surface area contributed by atoms with Crippen molar-refractivity contribution in [3.63, 3.8) is 0 Å². The van der Waals surface area contributed by atoms with E-state index < -0.39 is 17.7 Å². The van der Waals surface area contributed by atoms with Gasteiger partial charge < -0.3 is 20.7 Å². The standard InChI is InChI=1S/C18H27N3O3/c1-18(2,3)24-17(23)21-15(11-13-7-5-4-6-8-13)16(22)20-14-9-10-19-12-14/h4-8,14-15,19H,9-12H2,1-3H3,(H,20,22)(H,21,23)/t14-,15+/m0/s1. The maximum Gasteiger partial charge on any atom is 0.408 e. The molecule has 3 N–H and O–H groups in total. The van der Waals surface area contributed by atoms with Crippen LogP contribution in [0.2, 0.25) is 0 Å². The van der Waals surface area contributed by atoms with Gasteiger partial charge in [-0.3, -0.25) is 4.79 Å². The molecule has 2 rings (SSSR count). The number of alkyl carbamates (subject to hydrolysis) is 1. The molecule has 0 radical (unpaired) electrons. The molecule has 0 aliphatic carbocycles. The van der Waals surface area contributed by atoms with Crippen LogP contribution in [0.1, 0.15) is 32.8 Å². The minimum atomic E-state index is -0.664. The lowest BCUT2D eigenvalue weighted by atomic mass is 10.0. The van der Waals surface area contributed by atoms with Crippen LogP contribution in [-0.2, 0) is 16.0 Å². The summed E-state index contributed by atoms with van der Waals surface area (Å²) in [6.45, 7) is 7.04. The minimum absolute atomic E-state index is 0.108. The van der Waals surface area contributed by atoms with Gasteiger partial charge in [0.05, 0.1) is 0 Å². The third-order valence-electron chi connectivity index (χ3n) is 3.70. The number of carbonyl (C=O) groups is 2. The number of amides is 2. The van der Waals surface area contributed by atoms with E-state index in [0.29, 0.717) is 6.42 Å². The van der Waals surface area contributed by atoms with Gasteiger partial charge in [-0.15, -0.1) is 0 Å². The van der Waals surface area contributed by atoms with Gasteiger partial charge in [-0.1, -0.05) is 30.3 Å². The van der Waals surface area contributed by atoms with Crippen molar-refractivity contribution in [1.29, 1.82) is 0 Å². The van der Waals surface area contributed by atoms with Crippen LogP contribution in [0, 0.1) is 0 Å². The van der Waals surface area contributed by atoms with Crippen molar-refractivity contribution < 1.29 is 14.3 Å². The van der Waals surface area contributed by atoms with Crippen LogP contribution in [0.15, 0.2) is 30.3 Å². The summed E-state index contributed by atoms with van der Waals surface area (Å²) in [7, 11) is 0. The Labute approximate surface area is 143 Å². The Bertz CT molecular complexity index is 548. The fraction of sp³-hybridized carbons (Fsp3) is 0.556. The van der Waals surface area contributed by atoms with E-state index in [1.165, 1.54) is 0 Å². The summed E-state index contributed by atoms with van der Waals surface area (Å²) in [4.78, 5) is 24.7. The van der Waals surface area contributed by atoms with E-state index in [2.05, 4.69) is 16.0 Å². The van der Waals surface area contributed by atoms with E-state index in [1.54, 1.807) is 20.8 Å². The summed E-state index contributed by atoms with van der Waals surface area (Å²) in [5.74, 6) is -0.182. The lowest BCUT2D eigenvalue weighted by Gasteiger charge is -2.24. The fourth-order valence-electron chi connectivity index (χ4n) is 2.59. The monoisotopic (exact) mass is 333 g/mol. The molecule has 1 saturated heterocycles.